The zero-order valence-corrected chi connectivity index (χ0v) is 20.0. The quantitative estimate of drug-likeness (QED) is 0.433. The van der Waals surface area contributed by atoms with Crippen LogP contribution in [0.1, 0.15) is 55.2 Å². The van der Waals surface area contributed by atoms with Gasteiger partial charge in [-0.25, -0.2) is 22.8 Å². The van der Waals surface area contributed by atoms with Gasteiger partial charge in [-0.1, -0.05) is 13.0 Å². The molecule has 0 spiro atoms. The lowest BCUT2D eigenvalue weighted by molar-refractivity contribution is 0.0930. The summed E-state index contributed by atoms with van der Waals surface area (Å²) in [4.78, 5) is 29.5. The molecule has 0 radical (unpaired) electrons. The van der Waals surface area contributed by atoms with Gasteiger partial charge in [-0.2, -0.15) is 0 Å². The van der Waals surface area contributed by atoms with E-state index >= 15 is 0 Å². The first-order valence-corrected chi connectivity index (χ1v) is 12.7. The van der Waals surface area contributed by atoms with Crippen LogP contribution >= 0.6 is 0 Å². The highest BCUT2D eigenvalue weighted by atomic mass is 32.2. The standard InChI is InChI=1S/C23H25FN6O4S/c1-3-18(20-11-25-12-21(27-20)30-35(32,33)15-6-7-15)29-23(31)16-8-5-14(9-17(16)24)19-10-26-13-22(28-19)34-4-2/h5,8-13,15,18H,3-4,6-7H2,1-2H3,(H,27,30)(H,29,31)/t18-/m0/s1. The highest BCUT2D eigenvalue weighted by Gasteiger charge is 2.36. The van der Waals surface area contributed by atoms with Gasteiger partial charge < -0.3 is 10.1 Å². The van der Waals surface area contributed by atoms with Gasteiger partial charge in [-0.05, 0) is 38.3 Å². The number of halogens is 1. The fraction of sp³-hybridized carbons (Fsp3) is 0.348. The average molecular weight is 501 g/mol. The van der Waals surface area contributed by atoms with E-state index in [2.05, 4.69) is 30.0 Å². The Bertz CT molecular complexity index is 1330. The minimum absolute atomic E-state index is 0.0769. The van der Waals surface area contributed by atoms with Gasteiger partial charge in [0, 0.05) is 5.56 Å². The Kier molecular flexibility index (Phi) is 7.20. The van der Waals surface area contributed by atoms with Crippen LogP contribution in [-0.4, -0.2) is 46.1 Å². The molecule has 12 heteroatoms. The molecule has 2 aromatic heterocycles. The molecule has 1 saturated carbocycles. The summed E-state index contributed by atoms with van der Waals surface area (Å²) in [5, 5.41) is 2.33. The molecular formula is C23H25FN6O4S. The number of carbonyl (C=O) groups is 1. The monoisotopic (exact) mass is 500 g/mol. The van der Waals surface area contributed by atoms with Gasteiger partial charge in [0.1, 0.15) is 5.82 Å². The molecule has 0 aliphatic heterocycles. The SMILES string of the molecule is CCOc1cncc(-c2ccc(C(=O)N[C@@H](CC)c3cncc(NS(=O)(=O)C4CC4)n3)c(F)c2)n1. The topological polar surface area (TPSA) is 136 Å². The minimum atomic E-state index is -3.50. The van der Waals surface area contributed by atoms with Crippen LogP contribution in [0.2, 0.25) is 0 Å². The molecule has 1 aliphatic carbocycles. The summed E-state index contributed by atoms with van der Waals surface area (Å²) in [7, 11) is -3.50. The largest absolute Gasteiger partial charge is 0.477 e. The number of amides is 1. The van der Waals surface area contributed by atoms with E-state index in [9.17, 15) is 17.6 Å². The Labute approximate surface area is 202 Å². The predicted octanol–water partition coefficient (Wildman–Crippen LogP) is 3.26. The van der Waals surface area contributed by atoms with Crippen molar-refractivity contribution in [2.45, 2.75) is 44.4 Å². The average Bonchev–Trinajstić information content (AvgIpc) is 3.69. The Balaban J connectivity index is 1.49. The molecule has 3 aromatic rings. The van der Waals surface area contributed by atoms with Crippen LogP contribution in [0.4, 0.5) is 10.2 Å². The van der Waals surface area contributed by atoms with Crippen LogP contribution in [0, 0.1) is 5.82 Å². The third kappa shape index (κ3) is 5.88. The second kappa shape index (κ2) is 10.3. The summed E-state index contributed by atoms with van der Waals surface area (Å²) in [5.41, 5.74) is 1.06. The van der Waals surface area contributed by atoms with Crippen molar-refractivity contribution in [3.63, 3.8) is 0 Å². The molecule has 1 aliphatic rings. The molecule has 1 fully saturated rings. The number of rotatable bonds is 10. The Morgan fingerprint density at radius 3 is 2.60 bits per heavy atom. The molecule has 184 valence electrons. The van der Waals surface area contributed by atoms with Gasteiger partial charge >= 0.3 is 0 Å². The van der Waals surface area contributed by atoms with Gasteiger partial charge in [0.2, 0.25) is 15.9 Å². The van der Waals surface area contributed by atoms with Crippen molar-refractivity contribution in [1.82, 2.24) is 25.3 Å². The highest BCUT2D eigenvalue weighted by Crippen LogP contribution is 2.29. The lowest BCUT2D eigenvalue weighted by Gasteiger charge is -2.17. The zero-order chi connectivity index (χ0) is 25.0. The smallest absolute Gasteiger partial charge is 0.254 e. The maximum atomic E-state index is 14.9. The number of hydrogen-bond donors (Lipinski definition) is 2. The van der Waals surface area contributed by atoms with E-state index in [-0.39, 0.29) is 11.4 Å². The van der Waals surface area contributed by atoms with E-state index < -0.39 is 33.0 Å². The summed E-state index contributed by atoms with van der Waals surface area (Å²) >= 11 is 0. The van der Waals surface area contributed by atoms with Gasteiger partial charge in [-0.3, -0.25) is 19.5 Å². The first-order valence-electron chi connectivity index (χ1n) is 11.2. The number of nitrogens with one attached hydrogen (secondary N) is 2. The number of nitrogens with zero attached hydrogens (tertiary/aromatic N) is 4. The fourth-order valence-electron chi connectivity index (χ4n) is 3.39. The summed E-state index contributed by atoms with van der Waals surface area (Å²) in [6.45, 7) is 4.06. The minimum Gasteiger partial charge on any atom is -0.477 e. The molecule has 10 nitrogen and oxygen atoms in total. The molecule has 2 N–H and O–H groups in total. The molecule has 1 aromatic carbocycles. The fourth-order valence-corrected chi connectivity index (χ4v) is 4.70. The first kappa shape index (κ1) is 24.5. The molecule has 1 amide bonds. The Hall–Kier alpha value is -3.67. The van der Waals surface area contributed by atoms with Crippen molar-refractivity contribution < 1.29 is 22.3 Å². The summed E-state index contributed by atoms with van der Waals surface area (Å²) in [6, 6.07) is 3.55. The summed E-state index contributed by atoms with van der Waals surface area (Å²) < 4.78 is 47.0. The van der Waals surface area contributed by atoms with Gasteiger partial charge in [-0.15, -0.1) is 0 Å². The molecule has 4 rings (SSSR count). The predicted molar refractivity (Wildman–Crippen MR) is 127 cm³/mol. The van der Waals surface area contributed by atoms with E-state index in [4.69, 9.17) is 4.74 Å². The third-order valence-electron chi connectivity index (χ3n) is 5.35. The number of carbonyl (C=O) groups excluding carboxylic acids is 1. The Morgan fingerprint density at radius 2 is 1.91 bits per heavy atom. The summed E-state index contributed by atoms with van der Waals surface area (Å²) in [6.07, 6.45) is 7.35. The van der Waals surface area contributed by atoms with E-state index in [0.29, 0.717) is 48.7 Å². The molecule has 0 saturated heterocycles. The zero-order valence-electron chi connectivity index (χ0n) is 19.2. The number of sulfonamides is 1. The van der Waals surface area contributed by atoms with Crippen LogP contribution in [0.25, 0.3) is 11.3 Å². The van der Waals surface area contributed by atoms with Crippen molar-refractivity contribution in [2.24, 2.45) is 0 Å². The second-order valence-corrected chi connectivity index (χ2v) is 9.94. The second-order valence-electron chi connectivity index (χ2n) is 7.98. The molecule has 0 bridgehead atoms. The Morgan fingerprint density at radius 1 is 1.14 bits per heavy atom. The van der Waals surface area contributed by atoms with Crippen LogP contribution in [-0.2, 0) is 10.0 Å². The van der Waals surface area contributed by atoms with Crippen molar-refractivity contribution in [3.8, 4) is 17.1 Å². The molecule has 1 atom stereocenters. The molecule has 35 heavy (non-hydrogen) atoms. The molecule has 0 unspecified atom stereocenters. The highest BCUT2D eigenvalue weighted by molar-refractivity contribution is 7.93. The number of aromatic nitrogens is 4. The maximum absolute atomic E-state index is 14.9. The van der Waals surface area contributed by atoms with Gasteiger partial charge in [0.25, 0.3) is 5.91 Å². The maximum Gasteiger partial charge on any atom is 0.254 e. The van der Waals surface area contributed by atoms with E-state index in [1.165, 1.54) is 36.9 Å². The van der Waals surface area contributed by atoms with E-state index in [1.54, 1.807) is 6.07 Å². The van der Waals surface area contributed by atoms with Crippen LogP contribution in [0.5, 0.6) is 5.88 Å². The van der Waals surface area contributed by atoms with Gasteiger partial charge in [0.05, 0.1) is 59.6 Å². The van der Waals surface area contributed by atoms with E-state index in [0.717, 1.165) is 0 Å². The first-order chi connectivity index (χ1) is 16.8. The number of ether oxygens (including phenoxy) is 1. The normalized spacial score (nSPS) is 14.3. The van der Waals surface area contributed by atoms with Crippen molar-refractivity contribution in [1.29, 1.82) is 0 Å². The third-order valence-corrected chi connectivity index (χ3v) is 7.19. The van der Waals surface area contributed by atoms with Crippen molar-refractivity contribution in [2.75, 3.05) is 11.3 Å². The lowest BCUT2D eigenvalue weighted by Crippen LogP contribution is -2.30. The molecular weight excluding hydrogens is 475 g/mol. The number of anilines is 1. The summed E-state index contributed by atoms with van der Waals surface area (Å²) in [5.74, 6) is -0.967. The molecule has 2 heterocycles. The van der Waals surface area contributed by atoms with Crippen LogP contribution in [0.15, 0.2) is 43.0 Å². The number of hydrogen-bond acceptors (Lipinski definition) is 8. The van der Waals surface area contributed by atoms with Gasteiger partial charge in [0.15, 0.2) is 5.82 Å². The van der Waals surface area contributed by atoms with Crippen LogP contribution in [0.3, 0.4) is 0 Å². The van der Waals surface area contributed by atoms with Crippen molar-refractivity contribution in [3.05, 3.63) is 60.1 Å². The number of benzene rings is 1. The lowest BCUT2D eigenvalue weighted by atomic mass is 10.1. The van der Waals surface area contributed by atoms with Crippen LogP contribution < -0.4 is 14.8 Å². The van der Waals surface area contributed by atoms with E-state index in [1.807, 2.05) is 13.8 Å². The van der Waals surface area contributed by atoms with Crippen molar-refractivity contribution >= 4 is 21.7 Å².